The zero-order valence-electron chi connectivity index (χ0n) is 69.7. The third-order valence-electron chi connectivity index (χ3n) is 20.5. The van der Waals surface area contributed by atoms with E-state index in [0.29, 0.717) is 25.7 Å². The number of phosphoric acid groups is 2. The summed E-state index contributed by atoms with van der Waals surface area (Å²) in [6, 6.07) is 0. The molecule has 0 amide bonds. The fourth-order valence-corrected chi connectivity index (χ4v) is 15.2. The van der Waals surface area contributed by atoms with E-state index in [0.717, 1.165) is 102 Å². The zero-order valence-corrected chi connectivity index (χ0v) is 71.5. The average Bonchev–Trinajstić information content (AvgIpc) is 0.909. The molecule has 0 aromatic carbocycles. The second kappa shape index (κ2) is 78.3. The average molecular weight is 1550 g/mol. The van der Waals surface area contributed by atoms with Gasteiger partial charge in [-0.25, -0.2) is 9.13 Å². The molecule has 0 aromatic heterocycles. The van der Waals surface area contributed by atoms with Gasteiger partial charge in [0.15, 0.2) is 12.2 Å². The van der Waals surface area contributed by atoms with Crippen molar-refractivity contribution in [2.45, 2.75) is 484 Å². The van der Waals surface area contributed by atoms with Crippen LogP contribution in [0.5, 0.6) is 0 Å². The van der Waals surface area contributed by atoms with Crippen LogP contribution in [0.15, 0.2) is 0 Å². The van der Waals surface area contributed by atoms with E-state index in [1.54, 1.807) is 0 Å². The van der Waals surface area contributed by atoms with E-state index in [9.17, 15) is 43.2 Å². The van der Waals surface area contributed by atoms with Crippen LogP contribution in [0, 0.1) is 11.8 Å². The number of carbonyl (C=O) groups excluding carboxylic acids is 4. The molecule has 3 N–H and O–H groups in total. The smallest absolute Gasteiger partial charge is 0.462 e. The third-order valence-corrected chi connectivity index (χ3v) is 22.4. The molecule has 0 spiro atoms. The van der Waals surface area contributed by atoms with Gasteiger partial charge in [0, 0.05) is 25.7 Å². The Labute approximate surface area is 651 Å². The van der Waals surface area contributed by atoms with Crippen molar-refractivity contribution >= 4 is 39.5 Å². The largest absolute Gasteiger partial charge is 0.472 e. The van der Waals surface area contributed by atoms with E-state index in [4.69, 9.17) is 37.0 Å². The Morgan fingerprint density at radius 2 is 0.434 bits per heavy atom. The highest BCUT2D eigenvalue weighted by molar-refractivity contribution is 7.47. The van der Waals surface area contributed by atoms with Crippen molar-refractivity contribution in [3.05, 3.63) is 0 Å². The second-order valence-electron chi connectivity index (χ2n) is 32.2. The number of esters is 4. The number of carbonyl (C=O) groups is 4. The van der Waals surface area contributed by atoms with Crippen LogP contribution in [-0.2, 0) is 65.4 Å². The van der Waals surface area contributed by atoms with Crippen LogP contribution in [0.4, 0.5) is 0 Å². The topological polar surface area (TPSA) is 237 Å². The Balaban J connectivity index is 5.25. The van der Waals surface area contributed by atoms with Crippen molar-refractivity contribution in [1.29, 1.82) is 0 Å². The fraction of sp³-hybridized carbons (Fsp3) is 0.954. The first-order chi connectivity index (χ1) is 51.4. The van der Waals surface area contributed by atoms with Gasteiger partial charge >= 0.3 is 39.5 Å². The Kier molecular flexibility index (Phi) is 76.9. The van der Waals surface area contributed by atoms with Crippen molar-refractivity contribution in [1.82, 2.24) is 0 Å². The van der Waals surface area contributed by atoms with Crippen LogP contribution in [0.25, 0.3) is 0 Å². The summed E-state index contributed by atoms with van der Waals surface area (Å²) >= 11 is 0. The summed E-state index contributed by atoms with van der Waals surface area (Å²) in [6.07, 6.45) is 70.7. The summed E-state index contributed by atoms with van der Waals surface area (Å²) < 4.78 is 69.0. The molecule has 0 aliphatic rings. The Morgan fingerprint density at radius 1 is 0.255 bits per heavy atom. The Bertz CT molecular complexity index is 2030. The summed E-state index contributed by atoms with van der Waals surface area (Å²) in [5.74, 6) is -0.491. The maximum Gasteiger partial charge on any atom is 0.472 e. The van der Waals surface area contributed by atoms with Gasteiger partial charge in [-0.15, -0.1) is 0 Å². The first kappa shape index (κ1) is 104. The number of hydrogen-bond donors (Lipinski definition) is 3. The summed E-state index contributed by atoms with van der Waals surface area (Å²) in [5.41, 5.74) is 0. The summed E-state index contributed by atoms with van der Waals surface area (Å²) in [4.78, 5) is 73.3. The van der Waals surface area contributed by atoms with Crippen LogP contribution in [-0.4, -0.2) is 96.7 Å². The second-order valence-corrected chi connectivity index (χ2v) is 35.1. The lowest BCUT2D eigenvalue weighted by Crippen LogP contribution is -2.30. The minimum atomic E-state index is -4.97. The quantitative estimate of drug-likeness (QED) is 0.0222. The molecule has 17 nitrogen and oxygen atoms in total. The molecule has 5 atom stereocenters. The molecule has 2 unspecified atom stereocenters. The number of aliphatic hydroxyl groups is 1. The molecule has 106 heavy (non-hydrogen) atoms. The highest BCUT2D eigenvalue weighted by atomic mass is 31.2. The molecule has 630 valence electrons. The minimum Gasteiger partial charge on any atom is -0.462 e. The molecule has 0 aromatic rings. The lowest BCUT2D eigenvalue weighted by atomic mass is 10.0. The van der Waals surface area contributed by atoms with Gasteiger partial charge in [-0.3, -0.25) is 37.3 Å². The molecular weight excluding hydrogens is 1380 g/mol. The molecule has 0 radical (unpaired) electrons. The summed E-state index contributed by atoms with van der Waals surface area (Å²) in [6.45, 7) is 9.73. The van der Waals surface area contributed by atoms with Crippen molar-refractivity contribution < 1.29 is 80.2 Å². The molecule has 0 fully saturated rings. The molecule has 0 saturated heterocycles. The van der Waals surface area contributed by atoms with Crippen LogP contribution >= 0.6 is 15.6 Å². The lowest BCUT2D eigenvalue weighted by Gasteiger charge is -2.21. The first-order valence-corrected chi connectivity index (χ1v) is 48.0. The van der Waals surface area contributed by atoms with Crippen LogP contribution in [0.3, 0.4) is 0 Å². The predicted molar refractivity (Wildman–Crippen MR) is 437 cm³/mol. The van der Waals surface area contributed by atoms with Crippen molar-refractivity contribution in [3.8, 4) is 0 Å². The van der Waals surface area contributed by atoms with Gasteiger partial charge in [-0.1, -0.05) is 414 Å². The van der Waals surface area contributed by atoms with Gasteiger partial charge < -0.3 is 33.8 Å². The SMILES string of the molecule is CCCCCCCCCCCCCCCCCCCC(=O)OC[C@H](COP(=O)(O)OC[C@@H](O)COP(=O)(O)OC[C@@H](COC(=O)CCCCCCCCCCCCCC)OC(=O)CCCCCCCCCCCCCCCC(C)C)OC(=O)CCCCCCCCCCCCCCCCCCCCC(C)C. The van der Waals surface area contributed by atoms with Gasteiger partial charge in [0.05, 0.1) is 26.4 Å². The zero-order chi connectivity index (χ0) is 77.8. The van der Waals surface area contributed by atoms with Crippen molar-refractivity contribution in [2.24, 2.45) is 11.8 Å². The van der Waals surface area contributed by atoms with Gasteiger partial charge in [0.2, 0.25) is 0 Å². The van der Waals surface area contributed by atoms with Gasteiger partial charge in [0.25, 0.3) is 0 Å². The molecule has 0 rings (SSSR count). The number of phosphoric ester groups is 2. The normalized spacial score (nSPS) is 13.8. The molecule has 0 aliphatic carbocycles. The molecular formula is C87H170O17P2. The lowest BCUT2D eigenvalue weighted by molar-refractivity contribution is -0.161. The van der Waals surface area contributed by atoms with Gasteiger partial charge in [0.1, 0.15) is 19.3 Å². The standard InChI is InChI=1S/C87H170O17P2/c1-7-9-11-13-15-17-19-21-22-25-29-34-40-46-52-58-64-70-85(90)98-76-83(103-86(91)71-65-59-53-47-41-35-30-27-24-23-26-28-32-37-43-49-55-61-67-79(3)4)78-102-106(95,96)100-74-81(88)73-99-105(93,94)101-77-82(75-97-84(89)69-63-57-51-45-39-20-18-16-14-12-10-8-2)104-87(92)72-66-60-54-48-42-36-31-33-38-44-50-56-62-68-80(5)6/h79-83,88H,7-78H2,1-6H3,(H,93,94)(H,95,96)/t81-,82+,83+/m0/s1. The molecule has 0 heterocycles. The third kappa shape index (κ3) is 80.1. The number of rotatable bonds is 86. The monoisotopic (exact) mass is 1550 g/mol. The van der Waals surface area contributed by atoms with E-state index in [-0.39, 0.29) is 25.7 Å². The van der Waals surface area contributed by atoms with Crippen LogP contribution < -0.4 is 0 Å². The Hall–Kier alpha value is -1.94. The maximum atomic E-state index is 13.2. The predicted octanol–water partition coefficient (Wildman–Crippen LogP) is 26.6. The highest BCUT2D eigenvalue weighted by Gasteiger charge is 2.30. The molecule has 19 heteroatoms. The Morgan fingerprint density at radius 3 is 0.642 bits per heavy atom. The van der Waals surface area contributed by atoms with E-state index in [1.165, 1.54) is 283 Å². The number of ether oxygens (including phenoxy) is 4. The first-order valence-electron chi connectivity index (χ1n) is 45.0. The minimum absolute atomic E-state index is 0.108. The fourth-order valence-electron chi connectivity index (χ4n) is 13.6. The number of aliphatic hydroxyl groups excluding tert-OH is 1. The van der Waals surface area contributed by atoms with E-state index >= 15 is 0 Å². The van der Waals surface area contributed by atoms with Gasteiger partial charge in [-0.2, -0.15) is 0 Å². The summed E-state index contributed by atoms with van der Waals surface area (Å²) in [7, 11) is -9.93. The number of unbranched alkanes of at least 4 members (excludes halogenated alkanes) is 56. The van der Waals surface area contributed by atoms with Gasteiger partial charge in [-0.05, 0) is 37.5 Å². The summed E-state index contributed by atoms with van der Waals surface area (Å²) in [5, 5.41) is 10.7. The van der Waals surface area contributed by atoms with Crippen molar-refractivity contribution in [3.63, 3.8) is 0 Å². The molecule has 0 bridgehead atoms. The van der Waals surface area contributed by atoms with Crippen LogP contribution in [0.2, 0.25) is 0 Å². The van der Waals surface area contributed by atoms with E-state index in [1.807, 2.05) is 0 Å². The molecule has 0 aliphatic heterocycles. The number of hydrogen-bond acceptors (Lipinski definition) is 15. The van der Waals surface area contributed by atoms with E-state index in [2.05, 4.69) is 41.5 Å². The highest BCUT2D eigenvalue weighted by Crippen LogP contribution is 2.45. The van der Waals surface area contributed by atoms with Crippen molar-refractivity contribution in [2.75, 3.05) is 39.6 Å². The van der Waals surface area contributed by atoms with Crippen LogP contribution in [0.1, 0.15) is 465 Å². The van der Waals surface area contributed by atoms with E-state index < -0.39 is 97.5 Å². The maximum absolute atomic E-state index is 13.2. The molecule has 0 saturated carbocycles.